The molecule has 1 aliphatic carbocycles. The van der Waals surface area contributed by atoms with Crippen LogP contribution in [-0.4, -0.2) is 32.3 Å². The van der Waals surface area contributed by atoms with E-state index in [1.165, 1.54) is 12.1 Å². The van der Waals surface area contributed by atoms with Crippen LogP contribution in [-0.2, 0) is 10.0 Å². The smallest absolute Gasteiger partial charge is 0.255 e. The van der Waals surface area contributed by atoms with E-state index in [0.29, 0.717) is 4.47 Å². The fraction of sp³-hybridized carbons (Fsp3) is 0.417. The Labute approximate surface area is 131 Å². The molecule has 0 bridgehead atoms. The lowest BCUT2D eigenvalue weighted by Crippen LogP contribution is -2.41. The van der Waals surface area contributed by atoms with Crippen molar-refractivity contribution in [2.45, 2.75) is 30.2 Å². The summed E-state index contributed by atoms with van der Waals surface area (Å²) in [5.74, 6) is -0.300. The van der Waals surface area contributed by atoms with Gasteiger partial charge < -0.3 is 4.90 Å². The maximum Gasteiger partial charge on any atom is 0.255 e. The molecule has 0 saturated heterocycles. The lowest BCUT2D eigenvalue weighted by atomic mass is 9.91. The van der Waals surface area contributed by atoms with Crippen molar-refractivity contribution < 1.29 is 13.2 Å². The Kier molecular flexibility index (Phi) is 4.44. The molecule has 2 N–H and O–H groups in total. The highest BCUT2D eigenvalue weighted by molar-refractivity contribution is 9.10. The highest BCUT2D eigenvalue weighted by Crippen LogP contribution is 2.32. The standard InChI is InChI=1S/C12H14BrClN2O3S/c1-16(7-3-2-4-7)12(17)9-5-8(20(15,18)19)6-10(13)11(9)14/h5-7H,2-4H2,1H3,(H2,15,18,19). The second kappa shape index (κ2) is 5.63. The fourth-order valence-electron chi connectivity index (χ4n) is 2.01. The van der Waals surface area contributed by atoms with Gasteiger partial charge in [-0.05, 0) is 47.3 Å². The van der Waals surface area contributed by atoms with Crippen LogP contribution in [0.4, 0.5) is 0 Å². The van der Waals surface area contributed by atoms with Crippen LogP contribution < -0.4 is 5.14 Å². The Morgan fingerprint density at radius 2 is 2.05 bits per heavy atom. The van der Waals surface area contributed by atoms with Gasteiger partial charge in [0.05, 0.1) is 15.5 Å². The van der Waals surface area contributed by atoms with Gasteiger partial charge in [-0.1, -0.05) is 11.6 Å². The number of halogens is 2. The predicted octanol–water partition coefficient (Wildman–Crippen LogP) is 2.37. The highest BCUT2D eigenvalue weighted by atomic mass is 79.9. The average Bonchev–Trinajstić information content (AvgIpc) is 2.27. The first-order chi connectivity index (χ1) is 9.21. The van der Waals surface area contributed by atoms with Crippen LogP contribution in [0, 0.1) is 0 Å². The molecule has 0 radical (unpaired) electrons. The van der Waals surface area contributed by atoms with Crippen molar-refractivity contribution in [3.8, 4) is 0 Å². The molecule has 2 rings (SSSR count). The molecule has 0 heterocycles. The molecule has 110 valence electrons. The van der Waals surface area contributed by atoms with Crippen LogP contribution in [0.5, 0.6) is 0 Å². The van der Waals surface area contributed by atoms with E-state index in [1.54, 1.807) is 11.9 Å². The number of hydrogen-bond donors (Lipinski definition) is 1. The van der Waals surface area contributed by atoms with Gasteiger partial charge in [-0.25, -0.2) is 13.6 Å². The molecule has 1 aliphatic rings. The Morgan fingerprint density at radius 1 is 1.45 bits per heavy atom. The summed E-state index contributed by atoms with van der Waals surface area (Å²) in [4.78, 5) is 13.9. The fourth-order valence-corrected chi connectivity index (χ4v) is 3.38. The molecule has 0 spiro atoms. The summed E-state index contributed by atoms with van der Waals surface area (Å²) in [6.45, 7) is 0. The van der Waals surface area contributed by atoms with Gasteiger partial charge in [-0.2, -0.15) is 0 Å². The minimum Gasteiger partial charge on any atom is -0.339 e. The zero-order valence-electron chi connectivity index (χ0n) is 10.8. The van der Waals surface area contributed by atoms with Gasteiger partial charge in [0, 0.05) is 17.6 Å². The third kappa shape index (κ3) is 3.00. The van der Waals surface area contributed by atoms with E-state index in [0.717, 1.165) is 19.3 Å². The Bertz CT molecular complexity index is 659. The van der Waals surface area contributed by atoms with E-state index in [4.69, 9.17) is 16.7 Å². The number of hydrogen-bond acceptors (Lipinski definition) is 3. The molecule has 0 unspecified atom stereocenters. The van der Waals surface area contributed by atoms with Gasteiger partial charge in [0.2, 0.25) is 10.0 Å². The highest BCUT2D eigenvalue weighted by Gasteiger charge is 2.28. The molecule has 1 aromatic rings. The number of sulfonamides is 1. The Morgan fingerprint density at radius 3 is 2.50 bits per heavy atom. The van der Waals surface area contributed by atoms with Gasteiger partial charge in [-0.15, -0.1) is 0 Å². The van der Waals surface area contributed by atoms with Gasteiger partial charge >= 0.3 is 0 Å². The maximum absolute atomic E-state index is 12.4. The largest absolute Gasteiger partial charge is 0.339 e. The number of benzene rings is 1. The summed E-state index contributed by atoms with van der Waals surface area (Å²) >= 11 is 9.24. The molecule has 5 nitrogen and oxygen atoms in total. The predicted molar refractivity (Wildman–Crippen MR) is 80.3 cm³/mol. The van der Waals surface area contributed by atoms with Crippen molar-refractivity contribution in [2.24, 2.45) is 5.14 Å². The van der Waals surface area contributed by atoms with Crippen LogP contribution in [0.25, 0.3) is 0 Å². The van der Waals surface area contributed by atoms with Gasteiger partial charge in [0.15, 0.2) is 0 Å². The minimum atomic E-state index is -3.90. The van der Waals surface area contributed by atoms with Crippen molar-refractivity contribution >= 4 is 43.5 Å². The topological polar surface area (TPSA) is 80.5 Å². The van der Waals surface area contributed by atoms with Crippen molar-refractivity contribution in [2.75, 3.05) is 7.05 Å². The molecule has 1 saturated carbocycles. The molecular weight excluding hydrogens is 368 g/mol. The molecular formula is C12H14BrClN2O3S. The normalized spacial score (nSPS) is 15.8. The Hall–Kier alpha value is -0.630. The van der Waals surface area contributed by atoms with E-state index in [9.17, 15) is 13.2 Å². The number of amides is 1. The number of nitrogens with zero attached hydrogens (tertiary/aromatic N) is 1. The summed E-state index contributed by atoms with van der Waals surface area (Å²) in [6.07, 6.45) is 3.00. The summed E-state index contributed by atoms with van der Waals surface area (Å²) in [5, 5.41) is 5.29. The lowest BCUT2D eigenvalue weighted by molar-refractivity contribution is 0.0652. The van der Waals surface area contributed by atoms with Crippen LogP contribution in [0.2, 0.25) is 5.02 Å². The van der Waals surface area contributed by atoms with Crippen LogP contribution in [0.15, 0.2) is 21.5 Å². The second-order valence-electron chi connectivity index (χ2n) is 4.81. The molecule has 0 atom stereocenters. The molecule has 8 heteroatoms. The zero-order valence-corrected chi connectivity index (χ0v) is 13.9. The number of carbonyl (C=O) groups excluding carboxylic acids is 1. The second-order valence-corrected chi connectivity index (χ2v) is 7.61. The van der Waals surface area contributed by atoms with E-state index in [-0.39, 0.29) is 27.4 Å². The van der Waals surface area contributed by atoms with Crippen molar-refractivity contribution in [1.82, 2.24) is 4.90 Å². The summed E-state index contributed by atoms with van der Waals surface area (Å²) in [6, 6.07) is 2.70. The molecule has 1 fully saturated rings. The van der Waals surface area contributed by atoms with Crippen LogP contribution in [0.1, 0.15) is 29.6 Å². The SMILES string of the molecule is CN(C(=O)c1cc(S(N)(=O)=O)cc(Br)c1Cl)C1CCC1. The molecule has 1 amide bonds. The maximum atomic E-state index is 12.4. The van der Waals surface area contributed by atoms with Crippen LogP contribution >= 0.6 is 27.5 Å². The van der Waals surface area contributed by atoms with E-state index < -0.39 is 10.0 Å². The summed E-state index contributed by atoms with van der Waals surface area (Å²) < 4.78 is 23.2. The Balaban J connectivity index is 2.44. The lowest BCUT2D eigenvalue weighted by Gasteiger charge is -2.35. The number of nitrogens with two attached hydrogens (primary N) is 1. The van der Waals surface area contributed by atoms with Crippen LogP contribution in [0.3, 0.4) is 0 Å². The molecule has 1 aromatic carbocycles. The van der Waals surface area contributed by atoms with Crippen molar-refractivity contribution in [3.05, 3.63) is 27.2 Å². The minimum absolute atomic E-state index is 0.138. The molecule has 0 aromatic heterocycles. The third-order valence-corrected chi connectivity index (χ3v) is 5.66. The summed E-state index contributed by atoms with van der Waals surface area (Å²) in [7, 11) is -2.20. The molecule has 0 aliphatic heterocycles. The first kappa shape index (κ1) is 15.8. The van der Waals surface area contributed by atoms with Crippen molar-refractivity contribution in [3.63, 3.8) is 0 Å². The summed E-state index contributed by atoms with van der Waals surface area (Å²) in [5.41, 5.74) is 0.138. The zero-order chi connectivity index (χ0) is 15.1. The van der Waals surface area contributed by atoms with Gasteiger partial charge in [0.25, 0.3) is 5.91 Å². The van der Waals surface area contributed by atoms with Gasteiger partial charge in [0.1, 0.15) is 0 Å². The number of rotatable bonds is 3. The average molecular weight is 382 g/mol. The number of primary sulfonamides is 1. The van der Waals surface area contributed by atoms with Crippen molar-refractivity contribution in [1.29, 1.82) is 0 Å². The monoisotopic (exact) mass is 380 g/mol. The first-order valence-electron chi connectivity index (χ1n) is 6.01. The van der Waals surface area contributed by atoms with E-state index in [1.807, 2.05) is 0 Å². The van der Waals surface area contributed by atoms with E-state index in [2.05, 4.69) is 15.9 Å². The first-order valence-corrected chi connectivity index (χ1v) is 8.72. The quantitative estimate of drug-likeness (QED) is 0.873. The van der Waals surface area contributed by atoms with Gasteiger partial charge in [-0.3, -0.25) is 4.79 Å². The van der Waals surface area contributed by atoms with E-state index >= 15 is 0 Å². The third-order valence-electron chi connectivity index (χ3n) is 3.50. The molecule has 20 heavy (non-hydrogen) atoms. The number of carbonyl (C=O) groups is 1.